The summed E-state index contributed by atoms with van der Waals surface area (Å²) >= 11 is 0. The molecule has 0 radical (unpaired) electrons. The van der Waals surface area contributed by atoms with Crippen LogP contribution in [0.5, 0.6) is 5.75 Å². The van der Waals surface area contributed by atoms with Crippen LogP contribution in [0, 0.1) is 11.8 Å². The molecule has 3 aliphatic carbocycles. The highest BCUT2D eigenvalue weighted by atomic mass is 16.5. The molecule has 2 heteroatoms. The van der Waals surface area contributed by atoms with E-state index in [9.17, 15) is 4.79 Å². The van der Waals surface area contributed by atoms with Crippen molar-refractivity contribution in [3.05, 3.63) is 41.5 Å². The van der Waals surface area contributed by atoms with Gasteiger partial charge in [-0.15, -0.1) is 0 Å². The number of fused-ring (bicyclic) bond motifs is 2. The molecule has 19 heavy (non-hydrogen) atoms. The van der Waals surface area contributed by atoms with Gasteiger partial charge in [0.15, 0.2) is 5.78 Å². The molecule has 0 N–H and O–H groups in total. The molecule has 0 heterocycles. The lowest BCUT2D eigenvalue weighted by molar-refractivity contribution is -0.118. The number of hydrogen-bond donors (Lipinski definition) is 0. The van der Waals surface area contributed by atoms with Crippen molar-refractivity contribution in [1.29, 1.82) is 0 Å². The molecule has 1 aromatic rings. The summed E-state index contributed by atoms with van der Waals surface area (Å²) < 4.78 is 5.34. The molecule has 1 spiro atoms. The molecule has 2 bridgehead atoms. The van der Waals surface area contributed by atoms with Crippen molar-refractivity contribution in [1.82, 2.24) is 0 Å². The summed E-state index contributed by atoms with van der Waals surface area (Å²) in [6.07, 6.45) is 8.47. The van der Waals surface area contributed by atoms with Crippen molar-refractivity contribution < 1.29 is 9.53 Å². The number of hydrogen-bond acceptors (Lipinski definition) is 2. The van der Waals surface area contributed by atoms with Gasteiger partial charge < -0.3 is 4.74 Å². The van der Waals surface area contributed by atoms with E-state index in [1.807, 2.05) is 6.08 Å². The van der Waals surface area contributed by atoms with Crippen molar-refractivity contribution in [3.63, 3.8) is 0 Å². The highest BCUT2D eigenvalue weighted by Crippen LogP contribution is 2.57. The molecular formula is C17H18O2. The van der Waals surface area contributed by atoms with E-state index in [1.54, 1.807) is 7.11 Å². The number of ketones is 1. The Morgan fingerprint density at radius 3 is 3.11 bits per heavy atom. The van der Waals surface area contributed by atoms with Crippen molar-refractivity contribution in [2.45, 2.75) is 31.1 Å². The number of carbonyl (C=O) groups is 1. The minimum absolute atomic E-state index is 0.137. The average Bonchev–Trinajstić information content (AvgIpc) is 2.78. The molecule has 4 rings (SSSR count). The molecule has 2 nitrogen and oxygen atoms in total. The Hall–Kier alpha value is -1.57. The molecule has 0 unspecified atom stereocenters. The molecular weight excluding hydrogens is 236 g/mol. The van der Waals surface area contributed by atoms with Gasteiger partial charge in [0.2, 0.25) is 0 Å². The van der Waals surface area contributed by atoms with Crippen molar-refractivity contribution >= 4 is 5.78 Å². The molecule has 0 aliphatic heterocycles. The van der Waals surface area contributed by atoms with Gasteiger partial charge in [-0.3, -0.25) is 4.79 Å². The van der Waals surface area contributed by atoms with E-state index in [1.165, 1.54) is 17.5 Å². The Bertz CT molecular complexity index is 587. The van der Waals surface area contributed by atoms with Gasteiger partial charge in [0, 0.05) is 11.3 Å². The van der Waals surface area contributed by atoms with Crippen LogP contribution < -0.4 is 4.74 Å². The molecule has 0 saturated heterocycles. The van der Waals surface area contributed by atoms with Crippen LogP contribution in [0.15, 0.2) is 30.4 Å². The fourth-order valence-electron chi connectivity index (χ4n) is 4.48. The zero-order chi connectivity index (χ0) is 13.0. The first-order valence-corrected chi connectivity index (χ1v) is 7.13. The maximum Gasteiger partial charge on any atom is 0.158 e. The lowest BCUT2D eigenvalue weighted by Gasteiger charge is -2.40. The van der Waals surface area contributed by atoms with Crippen LogP contribution in [0.4, 0.5) is 0 Å². The number of ether oxygens (including phenoxy) is 1. The summed E-state index contributed by atoms with van der Waals surface area (Å²) in [4.78, 5) is 11.9. The van der Waals surface area contributed by atoms with E-state index in [2.05, 4.69) is 24.3 Å². The highest BCUT2D eigenvalue weighted by molar-refractivity contribution is 5.94. The van der Waals surface area contributed by atoms with Gasteiger partial charge in [0.1, 0.15) is 5.75 Å². The summed E-state index contributed by atoms with van der Waals surface area (Å²) in [7, 11) is 1.72. The summed E-state index contributed by atoms with van der Waals surface area (Å²) in [6, 6.07) is 6.47. The summed E-state index contributed by atoms with van der Waals surface area (Å²) in [5.74, 6) is 2.21. The van der Waals surface area contributed by atoms with E-state index in [0.717, 1.165) is 25.0 Å². The van der Waals surface area contributed by atoms with E-state index >= 15 is 0 Å². The topological polar surface area (TPSA) is 26.3 Å². The number of rotatable bonds is 1. The predicted octanol–water partition coefficient (Wildman–Crippen LogP) is 3.04. The molecule has 1 saturated carbocycles. The van der Waals surface area contributed by atoms with Crippen LogP contribution >= 0.6 is 0 Å². The third-order valence-electron chi connectivity index (χ3n) is 5.41. The maximum absolute atomic E-state index is 11.9. The molecule has 0 aromatic heterocycles. The molecule has 3 aliphatic rings. The SMILES string of the molecule is COc1ccc2c(c1)CC[C@@H]1C[C@@H]3C[C@]21C=CC3=O. The van der Waals surface area contributed by atoms with Crippen molar-refractivity contribution in [3.8, 4) is 5.75 Å². The smallest absolute Gasteiger partial charge is 0.158 e. The molecule has 1 fully saturated rings. The number of methoxy groups -OCH3 is 1. The van der Waals surface area contributed by atoms with Crippen LogP contribution in [-0.4, -0.2) is 12.9 Å². The quantitative estimate of drug-likeness (QED) is 0.770. The first-order valence-electron chi connectivity index (χ1n) is 7.13. The van der Waals surface area contributed by atoms with Crippen LogP contribution in [0.1, 0.15) is 30.4 Å². The van der Waals surface area contributed by atoms with E-state index in [-0.39, 0.29) is 11.3 Å². The van der Waals surface area contributed by atoms with Gasteiger partial charge in [0.25, 0.3) is 0 Å². The predicted molar refractivity (Wildman–Crippen MR) is 73.4 cm³/mol. The van der Waals surface area contributed by atoms with Gasteiger partial charge in [-0.1, -0.05) is 12.1 Å². The fourth-order valence-corrected chi connectivity index (χ4v) is 4.48. The van der Waals surface area contributed by atoms with Gasteiger partial charge in [-0.05, 0) is 60.9 Å². The Morgan fingerprint density at radius 2 is 2.26 bits per heavy atom. The largest absolute Gasteiger partial charge is 0.497 e. The van der Waals surface area contributed by atoms with Gasteiger partial charge in [-0.25, -0.2) is 0 Å². The first-order chi connectivity index (χ1) is 9.23. The lowest BCUT2D eigenvalue weighted by Crippen LogP contribution is -2.35. The van der Waals surface area contributed by atoms with Crippen LogP contribution in [0.3, 0.4) is 0 Å². The Kier molecular flexibility index (Phi) is 2.21. The van der Waals surface area contributed by atoms with Gasteiger partial charge in [-0.2, -0.15) is 0 Å². The Balaban J connectivity index is 1.88. The Labute approximate surface area is 113 Å². The van der Waals surface area contributed by atoms with Crippen molar-refractivity contribution in [2.75, 3.05) is 7.11 Å². The highest BCUT2D eigenvalue weighted by Gasteiger charge is 2.52. The summed E-state index contributed by atoms with van der Waals surface area (Å²) in [5.41, 5.74) is 2.99. The summed E-state index contributed by atoms with van der Waals surface area (Å²) in [5, 5.41) is 0. The van der Waals surface area contributed by atoms with Gasteiger partial charge >= 0.3 is 0 Å². The van der Waals surface area contributed by atoms with Crippen molar-refractivity contribution in [2.24, 2.45) is 11.8 Å². The van der Waals surface area contributed by atoms with E-state index in [0.29, 0.717) is 11.7 Å². The Morgan fingerprint density at radius 1 is 1.37 bits per heavy atom. The minimum atomic E-state index is 0.137. The van der Waals surface area contributed by atoms with E-state index in [4.69, 9.17) is 4.74 Å². The number of aryl methyl sites for hydroxylation is 1. The fraction of sp³-hybridized carbons (Fsp3) is 0.471. The van der Waals surface area contributed by atoms with Gasteiger partial charge in [0.05, 0.1) is 7.11 Å². The number of carbonyl (C=O) groups excluding carboxylic acids is 1. The third kappa shape index (κ3) is 1.40. The molecule has 98 valence electrons. The van der Waals surface area contributed by atoms with Crippen LogP contribution in [0.2, 0.25) is 0 Å². The molecule has 0 amide bonds. The zero-order valence-electron chi connectivity index (χ0n) is 11.2. The van der Waals surface area contributed by atoms with E-state index < -0.39 is 0 Å². The monoisotopic (exact) mass is 254 g/mol. The second-order valence-corrected chi connectivity index (χ2v) is 6.17. The third-order valence-corrected chi connectivity index (χ3v) is 5.41. The molecule has 1 aromatic carbocycles. The average molecular weight is 254 g/mol. The number of allylic oxidation sites excluding steroid dienone is 2. The second-order valence-electron chi connectivity index (χ2n) is 6.17. The second kappa shape index (κ2) is 3.72. The first kappa shape index (κ1) is 11.3. The number of benzene rings is 1. The minimum Gasteiger partial charge on any atom is -0.497 e. The normalized spacial score (nSPS) is 34.9. The molecule has 3 atom stereocenters. The van der Waals surface area contributed by atoms with Crippen LogP contribution in [0.25, 0.3) is 0 Å². The standard InChI is InChI=1S/C17H18O2/c1-19-14-4-5-15-11(9-14)2-3-13-8-12-10-17(13,15)7-6-16(12)18/h4-7,9,12-13H,2-3,8,10H2,1H3/t12-,13-,17+/m1/s1. The zero-order valence-corrected chi connectivity index (χ0v) is 11.2. The lowest BCUT2D eigenvalue weighted by atomic mass is 9.64. The van der Waals surface area contributed by atoms with Crippen LogP contribution in [-0.2, 0) is 16.6 Å². The maximum atomic E-state index is 11.9. The summed E-state index contributed by atoms with van der Waals surface area (Å²) in [6.45, 7) is 0.